The highest BCUT2D eigenvalue weighted by molar-refractivity contribution is 7.03. The lowest BCUT2D eigenvalue weighted by Crippen LogP contribution is -2.42. The molecule has 0 N–H and O–H groups in total. The first-order valence-corrected chi connectivity index (χ1v) is 7.64. The molecule has 1 fully saturated rings. The van der Waals surface area contributed by atoms with Crippen LogP contribution in [0.3, 0.4) is 0 Å². The van der Waals surface area contributed by atoms with E-state index in [9.17, 15) is 18.0 Å². The quantitative estimate of drug-likeness (QED) is 0.841. The average molecular weight is 343 g/mol. The van der Waals surface area contributed by atoms with Crippen LogP contribution in [0, 0.1) is 0 Å². The predicted molar refractivity (Wildman–Crippen MR) is 75.9 cm³/mol. The van der Waals surface area contributed by atoms with Gasteiger partial charge >= 0.3 is 6.18 Å². The van der Waals surface area contributed by atoms with Crippen LogP contribution in [0.25, 0.3) is 0 Å². The van der Waals surface area contributed by atoms with E-state index in [-0.39, 0.29) is 30.3 Å². The number of morpholine rings is 1. The molecule has 3 rings (SSSR count). The van der Waals surface area contributed by atoms with Gasteiger partial charge in [0.15, 0.2) is 5.69 Å². The fraction of sp³-hybridized carbons (Fsp3) is 0.357. The highest BCUT2D eigenvalue weighted by Gasteiger charge is 2.37. The van der Waals surface area contributed by atoms with Crippen molar-refractivity contribution in [2.75, 3.05) is 19.7 Å². The van der Waals surface area contributed by atoms with Gasteiger partial charge in [0, 0.05) is 11.9 Å². The van der Waals surface area contributed by atoms with Gasteiger partial charge in [0.2, 0.25) is 0 Å². The van der Waals surface area contributed by atoms with Crippen LogP contribution in [-0.2, 0) is 10.9 Å². The Hall–Kier alpha value is -2.00. The summed E-state index contributed by atoms with van der Waals surface area (Å²) in [6.07, 6.45) is -5.29. The third-order valence-corrected chi connectivity index (χ3v) is 4.05. The number of halogens is 3. The minimum Gasteiger partial charge on any atom is -0.370 e. The third-order valence-electron chi connectivity index (χ3n) is 3.55. The Balaban J connectivity index is 1.84. The van der Waals surface area contributed by atoms with Crippen LogP contribution in [0.2, 0.25) is 0 Å². The van der Waals surface area contributed by atoms with Crippen molar-refractivity contribution in [2.24, 2.45) is 0 Å². The van der Waals surface area contributed by atoms with Crippen molar-refractivity contribution in [2.45, 2.75) is 12.3 Å². The van der Waals surface area contributed by atoms with Crippen LogP contribution in [0.1, 0.15) is 27.7 Å². The smallest absolute Gasteiger partial charge is 0.370 e. The van der Waals surface area contributed by atoms with Crippen molar-refractivity contribution in [1.29, 1.82) is 0 Å². The summed E-state index contributed by atoms with van der Waals surface area (Å²) in [6.45, 7) is 0.519. The average Bonchev–Trinajstić information content (AvgIpc) is 3.08. The number of ether oxygens (including phenoxy) is 1. The van der Waals surface area contributed by atoms with Crippen molar-refractivity contribution in [1.82, 2.24) is 14.5 Å². The second-order valence-electron chi connectivity index (χ2n) is 4.99. The molecule has 2 heterocycles. The number of hydrogen-bond acceptors (Lipinski definition) is 5. The van der Waals surface area contributed by atoms with E-state index < -0.39 is 17.8 Å². The number of aromatic nitrogens is 2. The number of hydrogen-bond donors (Lipinski definition) is 0. The lowest BCUT2D eigenvalue weighted by Gasteiger charge is -2.33. The molecule has 1 aromatic heterocycles. The molecular formula is C14H12F3N3O2S. The molecule has 0 bridgehead atoms. The molecule has 1 aromatic carbocycles. The molecule has 9 heteroatoms. The number of nitrogens with zero attached hydrogens (tertiary/aromatic N) is 3. The lowest BCUT2D eigenvalue weighted by atomic mass is 10.0. The molecule has 1 aliphatic heterocycles. The zero-order chi connectivity index (χ0) is 16.4. The van der Waals surface area contributed by atoms with Crippen LogP contribution < -0.4 is 0 Å². The molecule has 0 saturated carbocycles. The highest BCUT2D eigenvalue weighted by Crippen LogP contribution is 2.36. The molecule has 5 nitrogen and oxygen atoms in total. The monoisotopic (exact) mass is 343 g/mol. The van der Waals surface area contributed by atoms with E-state index in [1.807, 2.05) is 0 Å². The Kier molecular flexibility index (Phi) is 4.31. The molecule has 0 radical (unpaired) electrons. The molecule has 0 aliphatic carbocycles. The molecule has 0 unspecified atom stereocenters. The molecule has 1 atom stereocenters. The Morgan fingerprint density at radius 3 is 2.83 bits per heavy atom. The molecular weight excluding hydrogens is 331 g/mol. The number of alkyl halides is 3. The van der Waals surface area contributed by atoms with Crippen LogP contribution >= 0.6 is 11.5 Å². The molecule has 2 aromatic rings. The SMILES string of the molecule is O=C(c1csnn1)N1CCO[C@@H](c2ccccc2C(F)(F)F)C1. The first kappa shape index (κ1) is 15.9. The van der Waals surface area contributed by atoms with Gasteiger partial charge in [-0.15, -0.1) is 5.10 Å². The molecule has 1 amide bonds. The molecule has 122 valence electrons. The van der Waals surface area contributed by atoms with Crippen LogP contribution in [0.4, 0.5) is 13.2 Å². The van der Waals surface area contributed by atoms with Crippen molar-refractivity contribution in [3.8, 4) is 0 Å². The summed E-state index contributed by atoms with van der Waals surface area (Å²) in [4.78, 5) is 13.7. The first-order chi connectivity index (χ1) is 11.0. The van der Waals surface area contributed by atoms with E-state index in [0.717, 1.165) is 17.6 Å². The normalized spacial score (nSPS) is 18.9. The summed E-state index contributed by atoms with van der Waals surface area (Å²) in [5, 5.41) is 5.21. The number of carbonyl (C=O) groups excluding carboxylic acids is 1. The van der Waals surface area contributed by atoms with E-state index >= 15 is 0 Å². The first-order valence-electron chi connectivity index (χ1n) is 6.81. The van der Waals surface area contributed by atoms with Crippen molar-refractivity contribution < 1.29 is 22.7 Å². The standard InChI is InChI=1S/C14H12F3N3O2S/c15-14(16,17)10-4-2-1-3-9(10)12-7-20(5-6-22-12)13(21)11-8-23-19-18-11/h1-4,8,12H,5-7H2/t12-/m1/s1. The van der Waals surface area contributed by atoms with Crippen molar-refractivity contribution in [3.05, 3.63) is 46.5 Å². The number of carbonyl (C=O) groups is 1. The van der Waals surface area contributed by atoms with Gasteiger partial charge in [-0.05, 0) is 23.2 Å². The largest absolute Gasteiger partial charge is 0.416 e. The fourth-order valence-electron chi connectivity index (χ4n) is 2.48. The zero-order valence-electron chi connectivity index (χ0n) is 11.8. The Bertz CT molecular complexity index is 691. The van der Waals surface area contributed by atoms with Crippen LogP contribution in [-0.4, -0.2) is 40.1 Å². The highest BCUT2D eigenvalue weighted by atomic mass is 32.1. The van der Waals surface area contributed by atoms with Gasteiger partial charge in [-0.2, -0.15) is 13.2 Å². The van der Waals surface area contributed by atoms with E-state index in [1.165, 1.54) is 28.5 Å². The maximum Gasteiger partial charge on any atom is 0.416 e. The number of benzene rings is 1. The van der Waals surface area contributed by atoms with E-state index in [0.29, 0.717) is 6.54 Å². The van der Waals surface area contributed by atoms with Gasteiger partial charge < -0.3 is 9.64 Å². The van der Waals surface area contributed by atoms with Crippen molar-refractivity contribution >= 4 is 17.4 Å². The Morgan fingerprint density at radius 2 is 2.13 bits per heavy atom. The summed E-state index contributed by atoms with van der Waals surface area (Å²) in [5.41, 5.74) is -0.511. The van der Waals surface area contributed by atoms with Gasteiger partial charge in [0.05, 0.1) is 18.7 Å². The maximum absolute atomic E-state index is 13.1. The minimum atomic E-state index is -4.47. The summed E-state index contributed by atoms with van der Waals surface area (Å²) >= 11 is 1.05. The number of amides is 1. The van der Waals surface area contributed by atoms with Crippen LogP contribution in [0.5, 0.6) is 0 Å². The summed E-state index contributed by atoms with van der Waals surface area (Å²) in [7, 11) is 0. The summed E-state index contributed by atoms with van der Waals surface area (Å²) in [5.74, 6) is -0.350. The zero-order valence-corrected chi connectivity index (χ0v) is 12.6. The summed E-state index contributed by atoms with van der Waals surface area (Å²) < 4.78 is 48.5. The van der Waals surface area contributed by atoms with Crippen molar-refractivity contribution in [3.63, 3.8) is 0 Å². The Morgan fingerprint density at radius 1 is 1.35 bits per heavy atom. The maximum atomic E-state index is 13.1. The third kappa shape index (κ3) is 3.35. The van der Waals surface area contributed by atoms with Crippen LogP contribution in [0.15, 0.2) is 29.6 Å². The molecule has 23 heavy (non-hydrogen) atoms. The second-order valence-corrected chi connectivity index (χ2v) is 5.60. The number of rotatable bonds is 2. The van der Waals surface area contributed by atoms with Gasteiger partial charge in [0.1, 0.15) is 6.10 Å². The van der Waals surface area contributed by atoms with E-state index in [4.69, 9.17) is 4.74 Å². The van der Waals surface area contributed by atoms with Gasteiger partial charge in [0.25, 0.3) is 5.91 Å². The molecule has 0 spiro atoms. The molecule has 1 aliphatic rings. The van der Waals surface area contributed by atoms with E-state index in [2.05, 4.69) is 9.59 Å². The fourth-order valence-corrected chi connectivity index (χ4v) is 2.91. The summed E-state index contributed by atoms with van der Waals surface area (Å²) in [6, 6.07) is 5.26. The van der Waals surface area contributed by atoms with Gasteiger partial charge in [-0.3, -0.25) is 4.79 Å². The topological polar surface area (TPSA) is 55.3 Å². The second kappa shape index (κ2) is 6.25. The van der Waals surface area contributed by atoms with Gasteiger partial charge in [-0.25, -0.2) is 0 Å². The minimum absolute atomic E-state index is 0.0360. The lowest BCUT2D eigenvalue weighted by molar-refractivity contribution is -0.140. The predicted octanol–water partition coefficient (Wildman–Crippen LogP) is 2.77. The molecule has 1 saturated heterocycles. The van der Waals surface area contributed by atoms with Gasteiger partial charge in [-0.1, -0.05) is 22.7 Å². The van der Waals surface area contributed by atoms with E-state index in [1.54, 1.807) is 0 Å². The Labute approximate surface area is 133 Å².